The lowest BCUT2D eigenvalue weighted by Crippen LogP contribution is -2.19. The van der Waals surface area contributed by atoms with Crippen LogP contribution in [0.25, 0.3) is 0 Å². The maximum Gasteiger partial charge on any atom is 0.237 e. The molecule has 0 fully saturated rings. The van der Waals surface area contributed by atoms with Gasteiger partial charge >= 0.3 is 0 Å². The lowest BCUT2D eigenvalue weighted by atomic mass is 10.2. The van der Waals surface area contributed by atoms with Crippen LogP contribution in [0, 0.1) is 0 Å². The molecule has 0 saturated heterocycles. The van der Waals surface area contributed by atoms with Crippen LogP contribution in [0.2, 0.25) is 0 Å². The fraction of sp³-hybridized carbons (Fsp3) is 0.188. The average molecular weight is 334 g/mol. The van der Waals surface area contributed by atoms with Gasteiger partial charge in [0.15, 0.2) is 0 Å². The Hall–Kier alpha value is -1.81. The van der Waals surface area contributed by atoms with Crippen LogP contribution >= 0.6 is 15.9 Å². The summed E-state index contributed by atoms with van der Waals surface area (Å²) in [4.78, 5) is 11.3. The van der Waals surface area contributed by atoms with Crippen LogP contribution < -0.4 is 10.1 Å². The van der Waals surface area contributed by atoms with Crippen molar-refractivity contribution in [2.45, 2.75) is 18.4 Å². The molecule has 1 amide bonds. The summed E-state index contributed by atoms with van der Waals surface area (Å²) in [6, 6.07) is 17.3. The molecule has 4 heteroatoms. The summed E-state index contributed by atoms with van der Waals surface area (Å²) in [5.74, 6) is 0.710. The molecule has 0 bridgehead atoms. The molecule has 0 aliphatic heterocycles. The van der Waals surface area contributed by atoms with Crippen LogP contribution in [0.5, 0.6) is 5.75 Å². The SMILES string of the molecule is CC(Br)C(=O)Nc1ccc(OCc2ccccc2)cc1. The van der Waals surface area contributed by atoms with E-state index in [9.17, 15) is 4.79 Å². The number of nitrogens with one attached hydrogen (secondary N) is 1. The van der Waals surface area contributed by atoms with Gasteiger partial charge in [-0.15, -0.1) is 0 Å². The zero-order valence-electron chi connectivity index (χ0n) is 11.2. The van der Waals surface area contributed by atoms with E-state index in [0.29, 0.717) is 6.61 Å². The van der Waals surface area contributed by atoms with Gasteiger partial charge in [-0.1, -0.05) is 46.3 Å². The Morgan fingerprint density at radius 3 is 2.40 bits per heavy atom. The molecule has 1 unspecified atom stereocenters. The monoisotopic (exact) mass is 333 g/mol. The molecule has 2 aromatic carbocycles. The molecule has 0 spiro atoms. The zero-order chi connectivity index (χ0) is 14.4. The van der Waals surface area contributed by atoms with E-state index in [0.717, 1.165) is 17.0 Å². The number of hydrogen-bond acceptors (Lipinski definition) is 2. The minimum absolute atomic E-state index is 0.0667. The highest BCUT2D eigenvalue weighted by Gasteiger charge is 2.08. The van der Waals surface area contributed by atoms with Crippen molar-refractivity contribution in [1.29, 1.82) is 0 Å². The van der Waals surface area contributed by atoms with Crippen LogP contribution in [-0.4, -0.2) is 10.7 Å². The maximum absolute atomic E-state index is 11.5. The molecule has 3 nitrogen and oxygen atoms in total. The average Bonchev–Trinajstić information content (AvgIpc) is 2.47. The van der Waals surface area contributed by atoms with Crippen molar-refractivity contribution in [3.8, 4) is 5.75 Å². The number of hydrogen-bond donors (Lipinski definition) is 1. The Labute approximate surface area is 127 Å². The molecule has 0 radical (unpaired) electrons. The second kappa shape index (κ2) is 7.10. The van der Waals surface area contributed by atoms with E-state index in [2.05, 4.69) is 21.2 Å². The summed E-state index contributed by atoms with van der Waals surface area (Å²) in [6.07, 6.45) is 0. The lowest BCUT2D eigenvalue weighted by Gasteiger charge is -2.09. The van der Waals surface area contributed by atoms with E-state index in [-0.39, 0.29) is 10.7 Å². The summed E-state index contributed by atoms with van der Waals surface area (Å²) in [5.41, 5.74) is 1.88. The maximum atomic E-state index is 11.5. The number of benzene rings is 2. The second-order valence-corrected chi connectivity index (χ2v) is 5.78. The molecule has 1 N–H and O–H groups in total. The van der Waals surface area contributed by atoms with Gasteiger partial charge in [-0.2, -0.15) is 0 Å². The smallest absolute Gasteiger partial charge is 0.237 e. The van der Waals surface area contributed by atoms with E-state index in [1.54, 1.807) is 6.92 Å². The van der Waals surface area contributed by atoms with Crippen molar-refractivity contribution < 1.29 is 9.53 Å². The highest BCUT2D eigenvalue weighted by Crippen LogP contribution is 2.17. The lowest BCUT2D eigenvalue weighted by molar-refractivity contribution is -0.115. The van der Waals surface area contributed by atoms with E-state index < -0.39 is 0 Å². The second-order valence-electron chi connectivity index (χ2n) is 4.40. The van der Waals surface area contributed by atoms with E-state index >= 15 is 0 Å². The van der Waals surface area contributed by atoms with Crippen LogP contribution in [0.15, 0.2) is 54.6 Å². The summed E-state index contributed by atoms with van der Waals surface area (Å²) in [6.45, 7) is 2.32. The first-order chi connectivity index (χ1) is 9.65. The zero-order valence-corrected chi connectivity index (χ0v) is 12.8. The fourth-order valence-electron chi connectivity index (χ4n) is 1.62. The summed E-state index contributed by atoms with van der Waals surface area (Å²) in [7, 11) is 0. The quantitative estimate of drug-likeness (QED) is 0.840. The van der Waals surface area contributed by atoms with Crippen molar-refractivity contribution in [3.05, 3.63) is 60.2 Å². The molecule has 1 atom stereocenters. The Balaban J connectivity index is 1.90. The summed E-state index contributed by atoms with van der Waals surface area (Å²) in [5, 5.41) is 2.80. The largest absolute Gasteiger partial charge is 0.489 e. The fourth-order valence-corrected chi connectivity index (χ4v) is 1.73. The number of amides is 1. The predicted octanol–water partition coefficient (Wildman–Crippen LogP) is 3.99. The third-order valence-electron chi connectivity index (χ3n) is 2.73. The third kappa shape index (κ3) is 4.38. The number of alkyl halides is 1. The first kappa shape index (κ1) is 14.6. The molecule has 104 valence electrons. The van der Waals surface area contributed by atoms with Gasteiger partial charge in [-0.25, -0.2) is 0 Å². The van der Waals surface area contributed by atoms with E-state index in [1.807, 2.05) is 54.6 Å². The molecule has 0 aromatic heterocycles. The molecule has 2 aromatic rings. The van der Waals surface area contributed by atoms with Crippen molar-refractivity contribution >= 4 is 27.5 Å². The Morgan fingerprint density at radius 1 is 1.15 bits per heavy atom. The van der Waals surface area contributed by atoms with Gasteiger partial charge in [-0.3, -0.25) is 4.79 Å². The highest BCUT2D eigenvalue weighted by atomic mass is 79.9. The minimum atomic E-state index is -0.212. The number of carbonyl (C=O) groups is 1. The van der Waals surface area contributed by atoms with Crippen LogP contribution in [0.3, 0.4) is 0 Å². The number of anilines is 1. The molecule has 0 saturated carbocycles. The van der Waals surface area contributed by atoms with Gasteiger partial charge in [0.05, 0.1) is 4.83 Å². The molecule has 20 heavy (non-hydrogen) atoms. The first-order valence-corrected chi connectivity index (χ1v) is 7.28. The van der Waals surface area contributed by atoms with Gasteiger partial charge in [0, 0.05) is 5.69 Å². The number of carbonyl (C=O) groups excluding carboxylic acids is 1. The van der Waals surface area contributed by atoms with Gasteiger partial charge in [0.25, 0.3) is 0 Å². The summed E-state index contributed by atoms with van der Waals surface area (Å²) < 4.78 is 5.68. The Kier molecular flexibility index (Phi) is 5.18. The highest BCUT2D eigenvalue weighted by molar-refractivity contribution is 9.10. The summed E-state index contributed by atoms with van der Waals surface area (Å²) >= 11 is 3.23. The number of halogens is 1. The van der Waals surface area contributed by atoms with Crippen molar-refractivity contribution in [2.75, 3.05) is 5.32 Å². The van der Waals surface area contributed by atoms with Gasteiger partial charge in [-0.05, 0) is 36.8 Å². The van der Waals surface area contributed by atoms with Gasteiger partial charge in [0.2, 0.25) is 5.91 Å². The molecular formula is C16H16BrNO2. The standard InChI is InChI=1S/C16H16BrNO2/c1-12(17)16(19)18-14-7-9-15(10-8-14)20-11-13-5-3-2-4-6-13/h2-10,12H,11H2,1H3,(H,18,19). The molecule has 0 heterocycles. The third-order valence-corrected chi connectivity index (χ3v) is 3.15. The molecular weight excluding hydrogens is 318 g/mol. The minimum Gasteiger partial charge on any atom is -0.489 e. The Morgan fingerprint density at radius 2 is 1.80 bits per heavy atom. The predicted molar refractivity (Wildman–Crippen MR) is 84.2 cm³/mol. The molecule has 0 aliphatic carbocycles. The van der Waals surface area contributed by atoms with Gasteiger partial charge in [0.1, 0.15) is 12.4 Å². The van der Waals surface area contributed by atoms with Crippen molar-refractivity contribution in [1.82, 2.24) is 0 Å². The van der Waals surface area contributed by atoms with Crippen LogP contribution in [0.4, 0.5) is 5.69 Å². The van der Waals surface area contributed by atoms with Crippen LogP contribution in [-0.2, 0) is 11.4 Å². The van der Waals surface area contributed by atoms with E-state index in [1.165, 1.54) is 0 Å². The molecule has 0 aliphatic rings. The van der Waals surface area contributed by atoms with Crippen molar-refractivity contribution in [2.24, 2.45) is 0 Å². The van der Waals surface area contributed by atoms with Crippen LogP contribution in [0.1, 0.15) is 12.5 Å². The first-order valence-electron chi connectivity index (χ1n) is 6.37. The molecule has 2 rings (SSSR count). The topological polar surface area (TPSA) is 38.3 Å². The van der Waals surface area contributed by atoms with Gasteiger partial charge < -0.3 is 10.1 Å². The van der Waals surface area contributed by atoms with E-state index in [4.69, 9.17) is 4.74 Å². The number of rotatable bonds is 5. The Bertz CT molecular complexity index is 552. The van der Waals surface area contributed by atoms with Crippen molar-refractivity contribution in [3.63, 3.8) is 0 Å². The normalized spacial score (nSPS) is 11.7. The number of ether oxygens (including phenoxy) is 1.